The number of nitrogens with two attached hydrogens (primary N) is 1. The molecule has 0 spiro atoms. The van der Waals surface area contributed by atoms with Crippen molar-refractivity contribution in [3.63, 3.8) is 0 Å². The second kappa shape index (κ2) is 6.58. The number of benzene rings is 1. The molecule has 1 aromatic rings. The van der Waals surface area contributed by atoms with E-state index in [4.69, 9.17) is 15.6 Å². The maximum Gasteiger partial charge on any atom is 0.339 e. The van der Waals surface area contributed by atoms with Crippen molar-refractivity contribution < 1.29 is 19.4 Å². The molecule has 0 saturated heterocycles. The van der Waals surface area contributed by atoms with Crippen molar-refractivity contribution in [2.24, 2.45) is 11.7 Å². The standard InChI is InChI=1S/C15H20N2O4/c1-21-13-8-9(6-7-11(13)15(19)20)17-14(18)10-4-2-3-5-12(10)16/h6-8,10,12H,2-5,16H2,1H3,(H,17,18)(H,19,20). The first kappa shape index (κ1) is 15.3. The molecule has 21 heavy (non-hydrogen) atoms. The van der Waals surface area contributed by atoms with Gasteiger partial charge in [-0.15, -0.1) is 0 Å². The Kier molecular flexibility index (Phi) is 4.80. The van der Waals surface area contributed by atoms with E-state index >= 15 is 0 Å². The van der Waals surface area contributed by atoms with Gasteiger partial charge in [-0.1, -0.05) is 12.8 Å². The van der Waals surface area contributed by atoms with Crippen molar-refractivity contribution in [1.82, 2.24) is 0 Å². The minimum absolute atomic E-state index is 0.0601. The van der Waals surface area contributed by atoms with Gasteiger partial charge in [0.15, 0.2) is 0 Å². The van der Waals surface area contributed by atoms with E-state index in [-0.39, 0.29) is 29.2 Å². The van der Waals surface area contributed by atoms with Gasteiger partial charge in [0.1, 0.15) is 11.3 Å². The van der Waals surface area contributed by atoms with Crippen LogP contribution in [0.15, 0.2) is 18.2 Å². The van der Waals surface area contributed by atoms with Crippen molar-refractivity contribution in [2.45, 2.75) is 31.7 Å². The number of ether oxygens (including phenoxy) is 1. The highest BCUT2D eigenvalue weighted by Gasteiger charge is 2.28. The van der Waals surface area contributed by atoms with Crippen LogP contribution in [0.5, 0.6) is 5.75 Å². The summed E-state index contributed by atoms with van der Waals surface area (Å²) in [4.78, 5) is 23.3. The summed E-state index contributed by atoms with van der Waals surface area (Å²) in [7, 11) is 1.39. The van der Waals surface area contributed by atoms with Crippen molar-refractivity contribution in [3.05, 3.63) is 23.8 Å². The van der Waals surface area contributed by atoms with Crippen LogP contribution in [0.3, 0.4) is 0 Å². The van der Waals surface area contributed by atoms with Crippen molar-refractivity contribution >= 4 is 17.6 Å². The molecule has 4 N–H and O–H groups in total. The summed E-state index contributed by atoms with van der Waals surface area (Å²) < 4.78 is 5.04. The van der Waals surface area contributed by atoms with E-state index in [1.165, 1.54) is 19.2 Å². The molecule has 0 aliphatic heterocycles. The molecule has 0 heterocycles. The number of carbonyl (C=O) groups is 2. The topological polar surface area (TPSA) is 102 Å². The molecule has 2 atom stereocenters. The molecule has 1 aliphatic carbocycles. The Bertz CT molecular complexity index is 544. The number of carboxylic acid groups (broad SMARTS) is 1. The maximum absolute atomic E-state index is 12.2. The highest BCUT2D eigenvalue weighted by molar-refractivity contribution is 5.95. The average molecular weight is 292 g/mol. The minimum atomic E-state index is -1.07. The summed E-state index contributed by atoms with van der Waals surface area (Å²) in [6, 6.07) is 4.37. The average Bonchev–Trinajstić information content (AvgIpc) is 2.47. The smallest absolute Gasteiger partial charge is 0.339 e. The highest BCUT2D eigenvalue weighted by atomic mass is 16.5. The number of methoxy groups -OCH3 is 1. The molecule has 2 rings (SSSR count). The zero-order chi connectivity index (χ0) is 15.4. The van der Waals surface area contributed by atoms with Crippen LogP contribution in [0.1, 0.15) is 36.0 Å². The van der Waals surface area contributed by atoms with Crippen LogP contribution in [0.4, 0.5) is 5.69 Å². The maximum atomic E-state index is 12.2. The Morgan fingerprint density at radius 3 is 2.67 bits per heavy atom. The summed E-state index contributed by atoms with van der Waals surface area (Å²) in [5, 5.41) is 11.8. The van der Waals surface area contributed by atoms with Crippen LogP contribution in [-0.4, -0.2) is 30.1 Å². The van der Waals surface area contributed by atoms with Crippen LogP contribution in [0, 0.1) is 5.92 Å². The number of carbonyl (C=O) groups excluding carboxylic acids is 1. The lowest BCUT2D eigenvalue weighted by Gasteiger charge is -2.27. The monoisotopic (exact) mass is 292 g/mol. The van der Waals surface area contributed by atoms with Crippen molar-refractivity contribution in [1.29, 1.82) is 0 Å². The molecule has 6 nitrogen and oxygen atoms in total. The third-order valence-electron chi connectivity index (χ3n) is 3.86. The number of hydrogen-bond acceptors (Lipinski definition) is 4. The Hall–Kier alpha value is -2.08. The van der Waals surface area contributed by atoms with Gasteiger partial charge in [0.25, 0.3) is 0 Å². The van der Waals surface area contributed by atoms with Gasteiger partial charge in [0, 0.05) is 17.8 Å². The Morgan fingerprint density at radius 2 is 2.05 bits per heavy atom. The second-order valence-corrected chi connectivity index (χ2v) is 5.26. The molecule has 2 unspecified atom stereocenters. The van der Waals surface area contributed by atoms with E-state index in [0.717, 1.165) is 25.7 Å². The van der Waals surface area contributed by atoms with Gasteiger partial charge in [-0.05, 0) is 25.0 Å². The Morgan fingerprint density at radius 1 is 1.33 bits per heavy atom. The summed E-state index contributed by atoms with van der Waals surface area (Å²) in [6.07, 6.45) is 3.72. The third-order valence-corrected chi connectivity index (χ3v) is 3.86. The predicted molar refractivity (Wildman–Crippen MR) is 78.5 cm³/mol. The summed E-state index contributed by atoms with van der Waals surface area (Å²) in [6.45, 7) is 0. The molecule has 1 amide bonds. The first-order chi connectivity index (χ1) is 10.0. The number of anilines is 1. The number of nitrogens with one attached hydrogen (secondary N) is 1. The van der Waals surface area contributed by atoms with Crippen LogP contribution >= 0.6 is 0 Å². The first-order valence-electron chi connectivity index (χ1n) is 7.00. The van der Waals surface area contributed by atoms with Gasteiger partial charge in [-0.25, -0.2) is 4.79 Å². The van der Waals surface area contributed by atoms with Crippen molar-refractivity contribution in [3.8, 4) is 5.75 Å². The molecule has 114 valence electrons. The molecule has 0 bridgehead atoms. The number of amides is 1. The molecule has 6 heteroatoms. The van der Waals surface area contributed by atoms with Gasteiger partial charge in [0.2, 0.25) is 5.91 Å². The summed E-state index contributed by atoms with van der Waals surface area (Å²) in [5.41, 5.74) is 6.56. The van der Waals surface area contributed by atoms with E-state index in [2.05, 4.69) is 5.32 Å². The predicted octanol–water partition coefficient (Wildman–Crippen LogP) is 1.85. The first-order valence-corrected chi connectivity index (χ1v) is 7.00. The molecular weight excluding hydrogens is 272 g/mol. The van der Waals surface area contributed by atoms with Gasteiger partial charge in [0.05, 0.1) is 13.0 Å². The fraction of sp³-hybridized carbons (Fsp3) is 0.467. The van der Waals surface area contributed by atoms with Crippen LogP contribution in [-0.2, 0) is 4.79 Å². The van der Waals surface area contributed by atoms with Crippen LogP contribution in [0.2, 0.25) is 0 Å². The molecular formula is C15H20N2O4. The van der Waals surface area contributed by atoms with E-state index in [0.29, 0.717) is 5.69 Å². The fourth-order valence-corrected chi connectivity index (χ4v) is 2.67. The highest BCUT2D eigenvalue weighted by Crippen LogP contribution is 2.27. The summed E-state index contributed by atoms with van der Waals surface area (Å²) in [5.74, 6) is -1.16. The Balaban J connectivity index is 2.12. The normalized spacial score (nSPS) is 21.6. The SMILES string of the molecule is COc1cc(NC(=O)C2CCCCC2N)ccc1C(=O)O. The third kappa shape index (κ3) is 3.52. The quantitative estimate of drug-likeness (QED) is 0.786. The van der Waals surface area contributed by atoms with E-state index in [1.54, 1.807) is 6.07 Å². The molecule has 1 aromatic carbocycles. The van der Waals surface area contributed by atoms with E-state index < -0.39 is 5.97 Å². The van der Waals surface area contributed by atoms with Crippen LogP contribution in [0.25, 0.3) is 0 Å². The molecule has 0 aromatic heterocycles. The second-order valence-electron chi connectivity index (χ2n) is 5.26. The van der Waals surface area contributed by atoms with Gasteiger partial charge in [-0.2, -0.15) is 0 Å². The summed E-state index contributed by atoms with van der Waals surface area (Å²) >= 11 is 0. The molecule has 1 fully saturated rings. The van der Waals surface area contributed by atoms with E-state index in [1.807, 2.05) is 0 Å². The zero-order valence-electron chi connectivity index (χ0n) is 12.0. The van der Waals surface area contributed by atoms with Gasteiger partial charge < -0.3 is 20.9 Å². The molecule has 1 saturated carbocycles. The van der Waals surface area contributed by atoms with Crippen molar-refractivity contribution in [2.75, 3.05) is 12.4 Å². The number of rotatable bonds is 4. The zero-order valence-corrected chi connectivity index (χ0v) is 12.0. The lowest BCUT2D eigenvalue weighted by Crippen LogP contribution is -2.40. The van der Waals surface area contributed by atoms with Gasteiger partial charge in [-0.3, -0.25) is 4.79 Å². The molecule has 1 aliphatic rings. The number of aromatic carboxylic acids is 1. The largest absolute Gasteiger partial charge is 0.496 e. The lowest BCUT2D eigenvalue weighted by atomic mass is 9.84. The van der Waals surface area contributed by atoms with E-state index in [9.17, 15) is 9.59 Å². The number of carboxylic acids is 1. The van der Waals surface area contributed by atoms with Gasteiger partial charge >= 0.3 is 5.97 Å². The Labute approximate surface area is 123 Å². The lowest BCUT2D eigenvalue weighted by molar-refractivity contribution is -0.121. The number of hydrogen-bond donors (Lipinski definition) is 3. The fourth-order valence-electron chi connectivity index (χ4n) is 2.67. The van der Waals surface area contributed by atoms with Crippen LogP contribution < -0.4 is 15.8 Å². The molecule has 0 radical (unpaired) electrons. The minimum Gasteiger partial charge on any atom is -0.496 e.